The summed E-state index contributed by atoms with van der Waals surface area (Å²) in [6.07, 6.45) is 2.42. The number of aliphatic carboxylic acids is 1. The zero-order valence-electron chi connectivity index (χ0n) is 9.06. The molecule has 0 spiro atoms. The third kappa shape index (κ3) is 3.18. The molecule has 6 nitrogen and oxygen atoms in total. The van der Waals surface area contributed by atoms with E-state index in [2.05, 4.69) is 5.32 Å². The second-order valence-electron chi connectivity index (χ2n) is 4.11. The van der Waals surface area contributed by atoms with Crippen molar-refractivity contribution in [3.8, 4) is 0 Å². The predicted molar refractivity (Wildman–Crippen MR) is 56.6 cm³/mol. The maximum absolute atomic E-state index is 11.7. The number of carboxylic acids is 1. The lowest BCUT2D eigenvalue weighted by Crippen LogP contribution is -2.47. The van der Waals surface area contributed by atoms with Crippen LogP contribution in [0.2, 0.25) is 0 Å². The maximum atomic E-state index is 11.7. The summed E-state index contributed by atoms with van der Waals surface area (Å²) in [4.78, 5) is 22.5. The zero-order chi connectivity index (χ0) is 12.1. The number of carboxylic acid groups (broad SMARTS) is 1. The first kappa shape index (κ1) is 12.9. The molecule has 1 aliphatic rings. The Kier molecular flexibility index (Phi) is 4.70. The molecule has 5 N–H and O–H groups in total. The average Bonchev–Trinajstić information content (AvgIpc) is 2.63. The topological polar surface area (TPSA) is 113 Å². The van der Waals surface area contributed by atoms with Crippen molar-refractivity contribution in [2.75, 3.05) is 6.61 Å². The molecule has 0 heterocycles. The van der Waals surface area contributed by atoms with Gasteiger partial charge < -0.3 is 21.3 Å². The Balaban J connectivity index is 2.50. The Bertz CT molecular complexity index is 270. The van der Waals surface area contributed by atoms with Gasteiger partial charge in [-0.05, 0) is 12.8 Å². The highest BCUT2D eigenvalue weighted by atomic mass is 16.4. The van der Waals surface area contributed by atoms with Crippen LogP contribution in [0.3, 0.4) is 0 Å². The summed E-state index contributed by atoms with van der Waals surface area (Å²) in [5, 5.41) is 19.9. The number of amides is 1. The van der Waals surface area contributed by atoms with Gasteiger partial charge in [0.1, 0.15) is 6.04 Å². The summed E-state index contributed by atoms with van der Waals surface area (Å²) < 4.78 is 0. The van der Waals surface area contributed by atoms with Crippen LogP contribution in [0.4, 0.5) is 0 Å². The van der Waals surface area contributed by atoms with E-state index in [1.54, 1.807) is 0 Å². The highest BCUT2D eigenvalue weighted by Gasteiger charge is 2.32. The zero-order valence-corrected chi connectivity index (χ0v) is 9.06. The van der Waals surface area contributed by atoms with E-state index in [0.717, 1.165) is 12.8 Å². The van der Waals surface area contributed by atoms with Crippen molar-refractivity contribution in [3.05, 3.63) is 0 Å². The lowest BCUT2D eigenvalue weighted by molar-refractivity contribution is -0.143. The quantitative estimate of drug-likeness (QED) is 0.487. The molecule has 0 aromatic rings. The van der Waals surface area contributed by atoms with Crippen LogP contribution in [0, 0.1) is 5.92 Å². The van der Waals surface area contributed by atoms with Crippen molar-refractivity contribution in [1.29, 1.82) is 0 Å². The highest BCUT2D eigenvalue weighted by Crippen LogP contribution is 2.24. The molecule has 3 unspecified atom stereocenters. The number of carbonyl (C=O) groups is 2. The smallest absolute Gasteiger partial charge is 0.326 e. The van der Waals surface area contributed by atoms with Crippen LogP contribution in [-0.4, -0.2) is 40.8 Å². The van der Waals surface area contributed by atoms with E-state index < -0.39 is 12.0 Å². The van der Waals surface area contributed by atoms with Crippen LogP contribution in [0.15, 0.2) is 0 Å². The minimum Gasteiger partial charge on any atom is -0.480 e. The van der Waals surface area contributed by atoms with Crippen LogP contribution in [-0.2, 0) is 9.59 Å². The van der Waals surface area contributed by atoms with Gasteiger partial charge in [-0.2, -0.15) is 0 Å². The summed E-state index contributed by atoms with van der Waals surface area (Å²) in [6, 6.07) is -1.20. The molecule has 1 rings (SSSR count). The van der Waals surface area contributed by atoms with Crippen molar-refractivity contribution < 1.29 is 19.8 Å². The molecule has 1 amide bonds. The molecule has 16 heavy (non-hydrogen) atoms. The van der Waals surface area contributed by atoms with Gasteiger partial charge in [0.25, 0.3) is 0 Å². The van der Waals surface area contributed by atoms with Crippen molar-refractivity contribution >= 4 is 11.9 Å². The monoisotopic (exact) mass is 230 g/mol. The summed E-state index contributed by atoms with van der Waals surface area (Å²) in [5.41, 5.74) is 5.75. The van der Waals surface area contributed by atoms with Crippen LogP contribution in [0.1, 0.15) is 25.7 Å². The lowest BCUT2D eigenvalue weighted by Gasteiger charge is -2.19. The minimum absolute atomic E-state index is 0.0169. The standard InChI is InChI=1S/C10H18N2O4/c11-7-3-1-2-6(7)9(14)12-8(4-5-13)10(15)16/h6-8,13H,1-5,11H2,(H,12,14)(H,15,16). The first-order valence-electron chi connectivity index (χ1n) is 5.46. The molecule has 0 saturated heterocycles. The van der Waals surface area contributed by atoms with Gasteiger partial charge in [-0.25, -0.2) is 4.79 Å². The van der Waals surface area contributed by atoms with E-state index in [1.165, 1.54) is 0 Å². The summed E-state index contributed by atoms with van der Waals surface area (Å²) in [7, 11) is 0. The van der Waals surface area contributed by atoms with Crippen LogP contribution in [0.5, 0.6) is 0 Å². The van der Waals surface area contributed by atoms with E-state index in [0.29, 0.717) is 6.42 Å². The Morgan fingerprint density at radius 3 is 2.56 bits per heavy atom. The molecule has 1 fully saturated rings. The first-order valence-corrected chi connectivity index (χ1v) is 5.46. The van der Waals surface area contributed by atoms with E-state index >= 15 is 0 Å². The minimum atomic E-state index is -1.13. The van der Waals surface area contributed by atoms with E-state index in [-0.39, 0.29) is 30.9 Å². The number of nitrogens with one attached hydrogen (secondary N) is 1. The number of rotatable bonds is 5. The fraction of sp³-hybridized carbons (Fsp3) is 0.800. The number of hydrogen-bond acceptors (Lipinski definition) is 4. The molecule has 92 valence electrons. The second kappa shape index (κ2) is 5.81. The number of aliphatic hydroxyl groups excluding tert-OH is 1. The third-order valence-electron chi connectivity index (χ3n) is 2.94. The molecule has 0 aromatic carbocycles. The fourth-order valence-corrected chi connectivity index (χ4v) is 1.98. The van der Waals surface area contributed by atoms with Gasteiger partial charge in [0, 0.05) is 19.1 Å². The number of carbonyl (C=O) groups excluding carboxylic acids is 1. The summed E-state index contributed by atoms with van der Waals surface area (Å²) >= 11 is 0. The molecular formula is C10H18N2O4. The molecule has 0 bridgehead atoms. The Morgan fingerprint density at radius 2 is 2.12 bits per heavy atom. The molecule has 6 heteroatoms. The number of hydrogen-bond donors (Lipinski definition) is 4. The second-order valence-corrected chi connectivity index (χ2v) is 4.11. The molecule has 1 saturated carbocycles. The van der Waals surface area contributed by atoms with E-state index in [4.69, 9.17) is 15.9 Å². The molecular weight excluding hydrogens is 212 g/mol. The van der Waals surface area contributed by atoms with Gasteiger partial charge in [-0.1, -0.05) is 6.42 Å². The summed E-state index contributed by atoms with van der Waals surface area (Å²) in [6.45, 7) is -0.270. The van der Waals surface area contributed by atoms with Gasteiger partial charge in [0.2, 0.25) is 5.91 Å². The van der Waals surface area contributed by atoms with Crippen LogP contribution < -0.4 is 11.1 Å². The van der Waals surface area contributed by atoms with Crippen LogP contribution in [0.25, 0.3) is 0 Å². The average molecular weight is 230 g/mol. The normalized spacial score (nSPS) is 26.4. The Morgan fingerprint density at radius 1 is 1.44 bits per heavy atom. The van der Waals surface area contributed by atoms with Gasteiger partial charge in [0.05, 0.1) is 5.92 Å². The molecule has 0 aromatic heterocycles. The first-order chi connectivity index (χ1) is 7.56. The molecule has 0 aliphatic heterocycles. The molecule has 1 aliphatic carbocycles. The van der Waals surface area contributed by atoms with Gasteiger partial charge >= 0.3 is 5.97 Å². The lowest BCUT2D eigenvalue weighted by atomic mass is 10.0. The van der Waals surface area contributed by atoms with Gasteiger partial charge in [0.15, 0.2) is 0 Å². The Hall–Kier alpha value is -1.14. The summed E-state index contributed by atoms with van der Waals surface area (Å²) in [5.74, 6) is -1.74. The molecule has 3 atom stereocenters. The third-order valence-corrected chi connectivity index (χ3v) is 2.94. The Labute approximate surface area is 93.8 Å². The number of aliphatic hydroxyl groups is 1. The van der Waals surface area contributed by atoms with Crippen molar-refractivity contribution in [2.24, 2.45) is 11.7 Å². The van der Waals surface area contributed by atoms with Crippen molar-refractivity contribution in [2.45, 2.75) is 37.8 Å². The van der Waals surface area contributed by atoms with Crippen LogP contribution >= 0.6 is 0 Å². The number of nitrogens with two attached hydrogens (primary N) is 1. The van der Waals surface area contributed by atoms with Gasteiger partial charge in [-0.15, -0.1) is 0 Å². The highest BCUT2D eigenvalue weighted by molar-refractivity contribution is 5.85. The molecule has 0 radical (unpaired) electrons. The maximum Gasteiger partial charge on any atom is 0.326 e. The largest absolute Gasteiger partial charge is 0.480 e. The fourth-order valence-electron chi connectivity index (χ4n) is 1.98. The van der Waals surface area contributed by atoms with E-state index in [9.17, 15) is 9.59 Å². The van der Waals surface area contributed by atoms with Crippen molar-refractivity contribution in [3.63, 3.8) is 0 Å². The predicted octanol–water partition coefficient (Wildman–Crippen LogP) is -0.934. The SMILES string of the molecule is NC1CCCC1C(=O)NC(CCO)C(=O)O. The van der Waals surface area contributed by atoms with Crippen molar-refractivity contribution in [1.82, 2.24) is 5.32 Å². The van der Waals surface area contributed by atoms with Gasteiger partial charge in [-0.3, -0.25) is 4.79 Å². The van der Waals surface area contributed by atoms with E-state index in [1.807, 2.05) is 0 Å².